The Kier molecular flexibility index (Phi) is 1.75. The molecule has 0 saturated carbocycles. The Hall–Kier alpha value is -1.42. The van der Waals surface area contributed by atoms with Crippen molar-refractivity contribution in [2.24, 2.45) is 0 Å². The van der Waals surface area contributed by atoms with Crippen LogP contribution in [0.3, 0.4) is 0 Å². The maximum absolute atomic E-state index is 8.68. The van der Waals surface area contributed by atoms with E-state index in [9.17, 15) is 0 Å². The molecule has 0 amide bonds. The molecule has 0 fully saturated rings. The number of hydrogen-bond donors (Lipinski definition) is 1. The summed E-state index contributed by atoms with van der Waals surface area (Å²) in [5, 5.41) is 16.0. The maximum atomic E-state index is 8.68. The lowest BCUT2D eigenvalue weighted by Crippen LogP contribution is -1.89. The van der Waals surface area contributed by atoms with Crippen molar-refractivity contribution >= 4 is 11.0 Å². The smallest absolute Gasteiger partial charge is 0.135 e. The molecular weight excluding hydrogens is 156 g/mol. The second-order valence-electron chi connectivity index (χ2n) is 2.56. The third-order valence-corrected chi connectivity index (χ3v) is 1.72. The zero-order valence-electron chi connectivity index (χ0n) is 6.40. The van der Waals surface area contributed by atoms with Crippen LogP contribution in [-0.4, -0.2) is 22.0 Å². The molecule has 0 saturated heterocycles. The molecule has 4 heteroatoms. The molecule has 4 nitrogen and oxygen atoms in total. The quantitative estimate of drug-likeness (QED) is 0.711. The number of aromatic nitrogens is 2. The van der Waals surface area contributed by atoms with Crippen LogP contribution in [0.25, 0.3) is 11.0 Å². The summed E-state index contributed by atoms with van der Waals surface area (Å²) in [6.45, 7) is 0.150. The second kappa shape index (κ2) is 2.91. The van der Waals surface area contributed by atoms with Crippen molar-refractivity contribution in [2.75, 3.05) is 6.61 Å². The van der Waals surface area contributed by atoms with Crippen LogP contribution in [0.2, 0.25) is 0 Å². The minimum Gasteiger partial charge on any atom is -0.396 e. The molecule has 2 aromatic rings. The van der Waals surface area contributed by atoms with Gasteiger partial charge in [0.25, 0.3) is 0 Å². The summed E-state index contributed by atoms with van der Waals surface area (Å²) in [5.74, 6) is 0. The van der Waals surface area contributed by atoms with Gasteiger partial charge in [-0.2, -0.15) is 0 Å². The average molecular weight is 164 g/mol. The lowest BCUT2D eigenvalue weighted by Gasteiger charge is -1.94. The normalized spacial score (nSPS) is 10.8. The molecule has 1 heterocycles. The summed E-state index contributed by atoms with van der Waals surface area (Å²) in [6.07, 6.45) is 0.642. The van der Waals surface area contributed by atoms with Crippen molar-refractivity contribution in [1.29, 1.82) is 0 Å². The monoisotopic (exact) mass is 164 g/mol. The van der Waals surface area contributed by atoms with E-state index in [1.807, 2.05) is 18.2 Å². The van der Waals surface area contributed by atoms with Gasteiger partial charge in [-0.3, -0.25) is 0 Å². The molecule has 0 bridgehead atoms. The number of fused-ring (bicyclic) bond motifs is 1. The Morgan fingerprint density at radius 3 is 2.92 bits per heavy atom. The topological polar surface area (TPSA) is 59.2 Å². The van der Waals surface area contributed by atoms with E-state index in [0.29, 0.717) is 6.42 Å². The van der Waals surface area contributed by atoms with Crippen molar-refractivity contribution in [2.45, 2.75) is 6.42 Å². The summed E-state index contributed by atoms with van der Waals surface area (Å²) in [4.78, 5) is 0. The Labute approximate surface area is 68.8 Å². The standard InChI is InChI=1S/C8H8N2O2/c11-4-3-6-1-2-7-8(5-6)10-12-9-7/h1-2,5,11H,3-4H2. The van der Waals surface area contributed by atoms with Crippen LogP contribution >= 0.6 is 0 Å². The highest BCUT2D eigenvalue weighted by Crippen LogP contribution is 2.11. The molecule has 2 rings (SSSR count). The molecule has 1 aromatic heterocycles. The van der Waals surface area contributed by atoms with E-state index in [1.165, 1.54) is 0 Å². The average Bonchev–Trinajstić information content (AvgIpc) is 2.51. The first-order valence-corrected chi connectivity index (χ1v) is 3.72. The second-order valence-corrected chi connectivity index (χ2v) is 2.56. The van der Waals surface area contributed by atoms with Gasteiger partial charge in [0.2, 0.25) is 0 Å². The number of aliphatic hydroxyl groups excluding tert-OH is 1. The SMILES string of the molecule is OCCc1ccc2nonc2c1. The van der Waals surface area contributed by atoms with E-state index >= 15 is 0 Å². The predicted molar refractivity (Wildman–Crippen MR) is 42.6 cm³/mol. The van der Waals surface area contributed by atoms with Gasteiger partial charge in [0.15, 0.2) is 0 Å². The van der Waals surface area contributed by atoms with E-state index in [0.717, 1.165) is 16.6 Å². The molecule has 1 aromatic carbocycles. The molecule has 0 unspecified atom stereocenters. The molecule has 1 N–H and O–H groups in total. The number of nitrogens with zero attached hydrogens (tertiary/aromatic N) is 2. The van der Waals surface area contributed by atoms with Crippen LogP contribution in [0.15, 0.2) is 22.8 Å². The van der Waals surface area contributed by atoms with Crippen LogP contribution in [-0.2, 0) is 6.42 Å². The molecule has 0 spiro atoms. The van der Waals surface area contributed by atoms with Crippen molar-refractivity contribution in [3.63, 3.8) is 0 Å². The van der Waals surface area contributed by atoms with Crippen LogP contribution in [0.4, 0.5) is 0 Å². The van der Waals surface area contributed by atoms with Gasteiger partial charge in [-0.05, 0) is 34.4 Å². The van der Waals surface area contributed by atoms with E-state index in [-0.39, 0.29) is 6.61 Å². The summed E-state index contributed by atoms with van der Waals surface area (Å²) >= 11 is 0. The highest BCUT2D eigenvalue weighted by molar-refractivity contribution is 5.73. The van der Waals surface area contributed by atoms with Gasteiger partial charge in [-0.25, -0.2) is 4.63 Å². The van der Waals surface area contributed by atoms with Gasteiger partial charge in [-0.1, -0.05) is 6.07 Å². The molecule has 0 radical (unpaired) electrons. The van der Waals surface area contributed by atoms with Gasteiger partial charge in [0.1, 0.15) is 11.0 Å². The third-order valence-electron chi connectivity index (χ3n) is 1.72. The van der Waals surface area contributed by atoms with E-state index in [2.05, 4.69) is 14.9 Å². The highest BCUT2D eigenvalue weighted by atomic mass is 16.6. The number of rotatable bonds is 2. The minimum absolute atomic E-state index is 0.150. The van der Waals surface area contributed by atoms with Gasteiger partial charge < -0.3 is 5.11 Å². The molecule has 0 atom stereocenters. The molecule has 12 heavy (non-hydrogen) atoms. The Morgan fingerprint density at radius 2 is 2.08 bits per heavy atom. The fourth-order valence-corrected chi connectivity index (χ4v) is 1.11. The van der Waals surface area contributed by atoms with Crippen molar-refractivity contribution in [3.05, 3.63) is 23.8 Å². The zero-order valence-corrected chi connectivity index (χ0v) is 6.40. The summed E-state index contributed by atoms with van der Waals surface area (Å²) in [5.41, 5.74) is 2.53. The summed E-state index contributed by atoms with van der Waals surface area (Å²) in [7, 11) is 0. The Balaban J connectivity index is 2.46. The number of benzene rings is 1. The molecule has 0 aliphatic rings. The molecular formula is C8H8N2O2. The van der Waals surface area contributed by atoms with E-state index < -0.39 is 0 Å². The lowest BCUT2D eigenvalue weighted by molar-refractivity contribution is 0.299. The molecule has 0 aliphatic carbocycles. The van der Waals surface area contributed by atoms with Gasteiger partial charge >= 0.3 is 0 Å². The van der Waals surface area contributed by atoms with Gasteiger partial charge in [0, 0.05) is 6.61 Å². The Bertz CT molecular complexity index is 383. The number of aliphatic hydroxyl groups is 1. The minimum atomic E-state index is 0.150. The zero-order chi connectivity index (χ0) is 8.39. The fraction of sp³-hybridized carbons (Fsp3) is 0.250. The summed E-state index contributed by atoms with van der Waals surface area (Å²) in [6, 6.07) is 5.60. The first-order valence-electron chi connectivity index (χ1n) is 3.72. The lowest BCUT2D eigenvalue weighted by atomic mass is 10.1. The third kappa shape index (κ3) is 1.16. The van der Waals surface area contributed by atoms with Crippen LogP contribution in [0, 0.1) is 0 Å². The first-order chi connectivity index (χ1) is 5.90. The predicted octanol–water partition coefficient (Wildman–Crippen LogP) is 0.758. The summed E-state index contributed by atoms with van der Waals surface area (Å²) < 4.78 is 4.54. The van der Waals surface area contributed by atoms with E-state index in [1.54, 1.807) is 0 Å². The number of hydrogen-bond acceptors (Lipinski definition) is 4. The first kappa shape index (κ1) is 7.24. The maximum Gasteiger partial charge on any atom is 0.135 e. The van der Waals surface area contributed by atoms with Gasteiger partial charge in [-0.15, -0.1) is 0 Å². The van der Waals surface area contributed by atoms with Crippen LogP contribution < -0.4 is 0 Å². The highest BCUT2D eigenvalue weighted by Gasteiger charge is 2.00. The largest absolute Gasteiger partial charge is 0.396 e. The van der Waals surface area contributed by atoms with Crippen molar-refractivity contribution in [1.82, 2.24) is 10.3 Å². The van der Waals surface area contributed by atoms with Crippen molar-refractivity contribution in [3.8, 4) is 0 Å². The van der Waals surface area contributed by atoms with Gasteiger partial charge in [0.05, 0.1) is 0 Å². The fourth-order valence-electron chi connectivity index (χ4n) is 1.11. The van der Waals surface area contributed by atoms with Crippen LogP contribution in [0.1, 0.15) is 5.56 Å². The Morgan fingerprint density at radius 1 is 1.25 bits per heavy atom. The van der Waals surface area contributed by atoms with E-state index in [4.69, 9.17) is 5.11 Å². The van der Waals surface area contributed by atoms with Crippen molar-refractivity contribution < 1.29 is 9.74 Å². The molecule has 0 aliphatic heterocycles. The van der Waals surface area contributed by atoms with Crippen LogP contribution in [0.5, 0.6) is 0 Å². The molecule has 62 valence electrons.